The summed E-state index contributed by atoms with van der Waals surface area (Å²) in [5.41, 5.74) is 3.16. The van der Waals surface area contributed by atoms with E-state index < -0.39 is 5.97 Å². The first kappa shape index (κ1) is 17.0. The molecule has 1 aromatic rings. The summed E-state index contributed by atoms with van der Waals surface area (Å²) in [4.78, 5) is 11.5. The molecule has 0 aromatic heterocycles. The van der Waals surface area contributed by atoms with Gasteiger partial charge in [0, 0.05) is 5.41 Å². The van der Waals surface area contributed by atoms with Gasteiger partial charge in [-0.3, -0.25) is 0 Å². The lowest BCUT2D eigenvalue weighted by Gasteiger charge is -2.50. The smallest absolute Gasteiger partial charge is 0.335 e. The second kappa shape index (κ2) is 5.69. The normalized spacial score (nSPS) is 24.9. The summed E-state index contributed by atoms with van der Waals surface area (Å²) in [6.45, 7) is 10.7. The van der Waals surface area contributed by atoms with E-state index in [4.69, 9.17) is 0 Å². The van der Waals surface area contributed by atoms with Crippen LogP contribution in [0.1, 0.15) is 67.6 Å². The van der Waals surface area contributed by atoms with Crippen molar-refractivity contribution in [2.75, 3.05) is 6.61 Å². The van der Waals surface area contributed by atoms with Crippen molar-refractivity contribution in [3.05, 3.63) is 34.4 Å². The van der Waals surface area contributed by atoms with Crippen molar-refractivity contribution < 1.29 is 15.0 Å². The number of hydrogen-bond acceptors (Lipinski definition) is 2. The van der Waals surface area contributed by atoms with Crippen LogP contribution in [0.4, 0.5) is 0 Å². The molecule has 0 saturated heterocycles. The van der Waals surface area contributed by atoms with E-state index in [1.807, 2.05) is 19.1 Å². The molecule has 0 radical (unpaired) electrons. The molecule has 0 saturated carbocycles. The average molecular weight is 304 g/mol. The Labute approximate surface area is 133 Å². The van der Waals surface area contributed by atoms with Crippen LogP contribution in [0.15, 0.2) is 12.1 Å². The highest BCUT2D eigenvalue weighted by Gasteiger charge is 2.47. The maximum Gasteiger partial charge on any atom is 0.335 e. The van der Waals surface area contributed by atoms with Gasteiger partial charge in [-0.2, -0.15) is 0 Å². The fourth-order valence-corrected chi connectivity index (χ4v) is 4.44. The molecule has 1 aliphatic carbocycles. The zero-order valence-corrected chi connectivity index (χ0v) is 14.4. The second-order valence-corrected chi connectivity index (χ2v) is 7.75. The fraction of sp³-hybridized carbons (Fsp3) is 0.632. The molecule has 0 spiro atoms. The molecule has 1 aliphatic rings. The molecular weight excluding hydrogens is 276 g/mol. The highest BCUT2D eigenvalue weighted by molar-refractivity contribution is 5.89. The number of aryl methyl sites for hydroxylation is 2. The van der Waals surface area contributed by atoms with E-state index in [1.165, 1.54) is 5.56 Å². The summed E-state index contributed by atoms with van der Waals surface area (Å²) in [7, 11) is 0. The van der Waals surface area contributed by atoms with Crippen LogP contribution in [0.5, 0.6) is 0 Å². The number of benzene rings is 1. The third-order valence-electron chi connectivity index (χ3n) is 5.54. The molecule has 1 aromatic carbocycles. The van der Waals surface area contributed by atoms with Crippen LogP contribution in [0.3, 0.4) is 0 Å². The SMILES string of the molecule is CCC1(CO)c2cc(C(=O)O)c(C)cc2CCC1C(C)(C)C. The highest BCUT2D eigenvalue weighted by atomic mass is 16.4. The van der Waals surface area contributed by atoms with Gasteiger partial charge in [-0.05, 0) is 60.3 Å². The number of hydrogen-bond donors (Lipinski definition) is 2. The molecule has 2 N–H and O–H groups in total. The lowest BCUT2D eigenvalue weighted by molar-refractivity contribution is 0.0453. The van der Waals surface area contributed by atoms with Crippen LogP contribution in [0.2, 0.25) is 0 Å². The fourth-order valence-electron chi connectivity index (χ4n) is 4.44. The lowest BCUT2D eigenvalue weighted by atomic mass is 9.54. The van der Waals surface area contributed by atoms with E-state index in [-0.39, 0.29) is 17.4 Å². The first-order valence-corrected chi connectivity index (χ1v) is 8.15. The van der Waals surface area contributed by atoms with Crippen molar-refractivity contribution in [2.24, 2.45) is 11.3 Å². The molecule has 0 aliphatic heterocycles. The summed E-state index contributed by atoms with van der Waals surface area (Å²) in [5, 5.41) is 19.7. The first-order chi connectivity index (χ1) is 10.2. The van der Waals surface area contributed by atoms with Crippen molar-refractivity contribution in [3.63, 3.8) is 0 Å². The number of carboxylic acid groups (broad SMARTS) is 1. The number of carboxylic acids is 1. The van der Waals surface area contributed by atoms with E-state index >= 15 is 0 Å². The third kappa shape index (κ3) is 2.56. The van der Waals surface area contributed by atoms with Gasteiger partial charge in [-0.25, -0.2) is 4.79 Å². The van der Waals surface area contributed by atoms with Gasteiger partial charge in [0.05, 0.1) is 12.2 Å². The number of aliphatic hydroxyl groups is 1. The number of aromatic carboxylic acids is 1. The number of rotatable bonds is 3. The van der Waals surface area contributed by atoms with E-state index in [0.717, 1.165) is 30.4 Å². The molecule has 0 bridgehead atoms. The quantitative estimate of drug-likeness (QED) is 0.889. The summed E-state index contributed by atoms with van der Waals surface area (Å²) in [5.74, 6) is -0.548. The standard InChI is InChI=1S/C19H28O3/c1-6-19(11-20)15-10-14(17(21)22)12(2)9-13(15)7-8-16(19)18(3,4)5/h9-10,16,20H,6-8,11H2,1-5H3,(H,21,22). The molecular formula is C19H28O3. The Bertz CT molecular complexity index is 577. The summed E-state index contributed by atoms with van der Waals surface area (Å²) in [6, 6.07) is 3.84. The Kier molecular flexibility index (Phi) is 4.40. The van der Waals surface area contributed by atoms with Crippen LogP contribution < -0.4 is 0 Å². The zero-order valence-electron chi connectivity index (χ0n) is 14.4. The molecule has 0 amide bonds. The van der Waals surface area contributed by atoms with Gasteiger partial charge in [0.1, 0.15) is 0 Å². The molecule has 2 atom stereocenters. The summed E-state index contributed by atoms with van der Waals surface area (Å²) < 4.78 is 0. The van der Waals surface area contributed by atoms with E-state index in [0.29, 0.717) is 11.5 Å². The van der Waals surface area contributed by atoms with E-state index in [2.05, 4.69) is 27.7 Å². The molecule has 2 rings (SSSR count). The predicted octanol–water partition coefficient (Wildman–Crippen LogP) is 3.94. The Hall–Kier alpha value is -1.35. The van der Waals surface area contributed by atoms with Gasteiger partial charge >= 0.3 is 5.97 Å². The number of aliphatic hydroxyl groups excluding tert-OH is 1. The van der Waals surface area contributed by atoms with Gasteiger partial charge < -0.3 is 10.2 Å². The van der Waals surface area contributed by atoms with Gasteiger partial charge in [0.2, 0.25) is 0 Å². The van der Waals surface area contributed by atoms with Gasteiger partial charge in [0.15, 0.2) is 0 Å². The molecule has 22 heavy (non-hydrogen) atoms. The molecule has 3 nitrogen and oxygen atoms in total. The van der Waals surface area contributed by atoms with Crippen molar-refractivity contribution in [1.29, 1.82) is 0 Å². The topological polar surface area (TPSA) is 57.5 Å². The molecule has 3 heteroatoms. The Morgan fingerprint density at radius 1 is 1.36 bits per heavy atom. The second-order valence-electron chi connectivity index (χ2n) is 7.75. The van der Waals surface area contributed by atoms with Crippen LogP contribution >= 0.6 is 0 Å². The predicted molar refractivity (Wildman–Crippen MR) is 88.5 cm³/mol. The van der Waals surface area contributed by atoms with Crippen LogP contribution in [-0.2, 0) is 11.8 Å². The minimum atomic E-state index is -0.888. The maximum absolute atomic E-state index is 11.5. The molecule has 122 valence electrons. The summed E-state index contributed by atoms with van der Waals surface area (Å²) >= 11 is 0. The van der Waals surface area contributed by atoms with Gasteiger partial charge in [-0.15, -0.1) is 0 Å². The first-order valence-electron chi connectivity index (χ1n) is 8.15. The Morgan fingerprint density at radius 2 is 2.00 bits per heavy atom. The van der Waals surface area contributed by atoms with Crippen LogP contribution in [0, 0.1) is 18.3 Å². The Balaban J connectivity index is 2.70. The number of fused-ring (bicyclic) bond motifs is 1. The molecule has 2 unspecified atom stereocenters. The van der Waals surface area contributed by atoms with Crippen molar-refractivity contribution in [3.8, 4) is 0 Å². The third-order valence-corrected chi connectivity index (χ3v) is 5.54. The average Bonchev–Trinajstić information content (AvgIpc) is 2.43. The van der Waals surface area contributed by atoms with Crippen molar-refractivity contribution >= 4 is 5.97 Å². The van der Waals surface area contributed by atoms with Crippen LogP contribution in [-0.4, -0.2) is 22.8 Å². The largest absolute Gasteiger partial charge is 0.478 e. The van der Waals surface area contributed by atoms with Gasteiger partial charge in [0.25, 0.3) is 0 Å². The minimum absolute atomic E-state index is 0.0700. The van der Waals surface area contributed by atoms with Crippen molar-refractivity contribution in [2.45, 2.75) is 59.3 Å². The number of carbonyl (C=O) groups is 1. The molecule has 0 fully saturated rings. The summed E-state index contributed by atoms with van der Waals surface area (Å²) in [6.07, 6.45) is 2.82. The Morgan fingerprint density at radius 3 is 2.45 bits per heavy atom. The van der Waals surface area contributed by atoms with E-state index in [9.17, 15) is 15.0 Å². The minimum Gasteiger partial charge on any atom is -0.478 e. The maximum atomic E-state index is 11.5. The highest BCUT2D eigenvalue weighted by Crippen LogP contribution is 2.51. The van der Waals surface area contributed by atoms with Crippen LogP contribution in [0.25, 0.3) is 0 Å². The van der Waals surface area contributed by atoms with E-state index in [1.54, 1.807) is 0 Å². The molecule has 0 heterocycles. The monoisotopic (exact) mass is 304 g/mol. The zero-order chi connectivity index (χ0) is 16.7. The van der Waals surface area contributed by atoms with Crippen molar-refractivity contribution in [1.82, 2.24) is 0 Å². The lowest BCUT2D eigenvalue weighted by Crippen LogP contribution is -2.48. The van der Waals surface area contributed by atoms with Gasteiger partial charge in [-0.1, -0.05) is 33.8 Å².